The van der Waals surface area contributed by atoms with Crippen molar-refractivity contribution in [1.29, 1.82) is 0 Å². The van der Waals surface area contributed by atoms with Crippen LogP contribution in [0.1, 0.15) is 12.5 Å². The Labute approximate surface area is 160 Å². The smallest absolute Gasteiger partial charge is 0.270 e. The molecule has 0 unspecified atom stereocenters. The maximum atomic E-state index is 13.1. The molecule has 1 aromatic heterocycles. The molecule has 0 aliphatic rings. The highest BCUT2D eigenvalue weighted by atomic mass is 32.2. The molecule has 1 heterocycles. The molecule has 3 aromatic rings. The largest absolute Gasteiger partial charge is 0.369 e. The summed E-state index contributed by atoms with van der Waals surface area (Å²) in [5.41, 5.74) is 11.3. The highest BCUT2D eigenvalue weighted by molar-refractivity contribution is 7.90. The van der Waals surface area contributed by atoms with E-state index in [-0.39, 0.29) is 22.1 Å². The van der Waals surface area contributed by atoms with Crippen LogP contribution in [-0.4, -0.2) is 29.0 Å². The number of guanidine groups is 1. The Kier molecular flexibility index (Phi) is 4.84. The van der Waals surface area contributed by atoms with Crippen LogP contribution in [-0.2, 0) is 10.0 Å². The fourth-order valence-electron chi connectivity index (χ4n) is 2.68. The number of nitro groups is 1. The van der Waals surface area contributed by atoms with Crippen LogP contribution in [0.5, 0.6) is 0 Å². The fourth-order valence-corrected chi connectivity index (χ4v) is 4.07. The summed E-state index contributed by atoms with van der Waals surface area (Å²) >= 11 is 0. The fraction of sp³-hybridized carbons (Fsp3) is 0.0588. The molecule has 0 fully saturated rings. The molecule has 3 rings (SSSR count). The molecular weight excluding hydrogens is 384 g/mol. The van der Waals surface area contributed by atoms with Gasteiger partial charge in [-0.25, -0.2) is 12.4 Å². The van der Waals surface area contributed by atoms with Gasteiger partial charge in [-0.15, -0.1) is 5.10 Å². The SMILES string of the molecule is C/C(=N/N=C(N)N)c1cn(S(=O)(=O)c2ccccc2)c2ccc([N+](=O)[O-])cc12. The molecule has 144 valence electrons. The Bertz CT molecular complexity index is 1230. The molecule has 0 saturated heterocycles. The van der Waals surface area contributed by atoms with Gasteiger partial charge < -0.3 is 11.5 Å². The Balaban J connectivity index is 2.32. The minimum atomic E-state index is -3.94. The number of nitrogens with zero attached hydrogens (tertiary/aromatic N) is 4. The summed E-state index contributed by atoms with van der Waals surface area (Å²) < 4.78 is 27.2. The lowest BCUT2D eigenvalue weighted by Crippen LogP contribution is -2.22. The second-order valence-electron chi connectivity index (χ2n) is 5.83. The summed E-state index contributed by atoms with van der Waals surface area (Å²) in [4.78, 5) is 10.7. The zero-order valence-electron chi connectivity index (χ0n) is 14.7. The minimum Gasteiger partial charge on any atom is -0.369 e. The lowest BCUT2D eigenvalue weighted by molar-refractivity contribution is -0.384. The molecule has 0 aliphatic heterocycles. The maximum absolute atomic E-state index is 13.1. The van der Waals surface area contributed by atoms with Crippen molar-refractivity contribution in [3.05, 3.63) is 70.4 Å². The number of nitrogens with two attached hydrogens (primary N) is 2. The van der Waals surface area contributed by atoms with Crippen LogP contribution in [0.2, 0.25) is 0 Å². The van der Waals surface area contributed by atoms with Crippen LogP contribution >= 0.6 is 0 Å². The molecule has 10 nitrogen and oxygen atoms in total. The van der Waals surface area contributed by atoms with E-state index in [2.05, 4.69) is 10.2 Å². The Hall–Kier alpha value is -3.73. The highest BCUT2D eigenvalue weighted by Crippen LogP contribution is 2.29. The van der Waals surface area contributed by atoms with E-state index in [1.807, 2.05) is 0 Å². The number of benzene rings is 2. The molecular formula is C17H16N6O4S. The first kappa shape index (κ1) is 19.0. The van der Waals surface area contributed by atoms with Gasteiger partial charge in [0, 0.05) is 29.3 Å². The molecule has 0 bridgehead atoms. The second-order valence-corrected chi connectivity index (χ2v) is 7.64. The number of hydrogen-bond donors (Lipinski definition) is 2. The molecule has 28 heavy (non-hydrogen) atoms. The summed E-state index contributed by atoms with van der Waals surface area (Å²) in [5, 5.41) is 18.9. The summed E-state index contributed by atoms with van der Waals surface area (Å²) in [6.45, 7) is 1.57. The second kappa shape index (κ2) is 7.12. The van der Waals surface area contributed by atoms with Gasteiger partial charge in [-0.05, 0) is 25.1 Å². The van der Waals surface area contributed by atoms with Crippen molar-refractivity contribution in [3.8, 4) is 0 Å². The molecule has 0 aliphatic carbocycles. The average Bonchev–Trinajstić information content (AvgIpc) is 3.06. The number of rotatable bonds is 5. The van der Waals surface area contributed by atoms with E-state index >= 15 is 0 Å². The van der Waals surface area contributed by atoms with Gasteiger partial charge in [0.1, 0.15) is 0 Å². The molecule has 0 spiro atoms. The molecule has 11 heteroatoms. The summed E-state index contributed by atoms with van der Waals surface area (Å²) in [5.74, 6) is -0.272. The molecule has 0 amide bonds. The van der Waals surface area contributed by atoms with Crippen molar-refractivity contribution in [2.24, 2.45) is 21.7 Å². The van der Waals surface area contributed by atoms with E-state index in [1.165, 1.54) is 36.5 Å². The van der Waals surface area contributed by atoms with Crippen LogP contribution in [0.4, 0.5) is 5.69 Å². The Morgan fingerprint density at radius 1 is 1.11 bits per heavy atom. The van der Waals surface area contributed by atoms with Crippen LogP contribution in [0.25, 0.3) is 10.9 Å². The number of aromatic nitrogens is 1. The summed E-state index contributed by atoms with van der Waals surface area (Å²) in [6.07, 6.45) is 1.35. The van der Waals surface area contributed by atoms with Gasteiger partial charge in [0.15, 0.2) is 0 Å². The lowest BCUT2D eigenvalue weighted by Gasteiger charge is -2.07. The van der Waals surface area contributed by atoms with Crippen LogP contribution in [0, 0.1) is 10.1 Å². The van der Waals surface area contributed by atoms with Gasteiger partial charge in [0.2, 0.25) is 5.96 Å². The van der Waals surface area contributed by atoms with E-state index in [9.17, 15) is 18.5 Å². The van der Waals surface area contributed by atoms with Crippen molar-refractivity contribution < 1.29 is 13.3 Å². The van der Waals surface area contributed by atoms with Crippen molar-refractivity contribution in [2.75, 3.05) is 0 Å². The first-order valence-corrected chi connectivity index (χ1v) is 9.39. The van der Waals surface area contributed by atoms with E-state index in [1.54, 1.807) is 25.1 Å². The van der Waals surface area contributed by atoms with E-state index in [4.69, 9.17) is 11.5 Å². The van der Waals surface area contributed by atoms with Crippen LogP contribution in [0.3, 0.4) is 0 Å². The van der Waals surface area contributed by atoms with Crippen molar-refractivity contribution in [3.63, 3.8) is 0 Å². The van der Waals surface area contributed by atoms with Crippen molar-refractivity contribution >= 4 is 38.3 Å². The molecule has 0 atom stereocenters. The third-order valence-electron chi connectivity index (χ3n) is 3.97. The number of non-ortho nitro benzene ring substituents is 1. The van der Waals surface area contributed by atoms with Gasteiger partial charge in [0.05, 0.1) is 21.0 Å². The summed E-state index contributed by atoms with van der Waals surface area (Å²) in [7, 11) is -3.94. The first-order chi connectivity index (χ1) is 13.2. The third kappa shape index (κ3) is 3.42. The van der Waals surface area contributed by atoms with E-state index in [0.29, 0.717) is 16.7 Å². The van der Waals surface area contributed by atoms with E-state index < -0.39 is 14.9 Å². The van der Waals surface area contributed by atoms with Crippen LogP contribution < -0.4 is 11.5 Å². The normalized spacial score (nSPS) is 12.1. The van der Waals surface area contributed by atoms with Gasteiger partial charge in [-0.1, -0.05) is 18.2 Å². The van der Waals surface area contributed by atoms with Crippen LogP contribution in [0.15, 0.2) is 69.8 Å². The Morgan fingerprint density at radius 2 is 1.79 bits per heavy atom. The number of fused-ring (bicyclic) bond motifs is 1. The summed E-state index contributed by atoms with van der Waals surface area (Å²) in [6, 6.07) is 11.8. The van der Waals surface area contributed by atoms with Gasteiger partial charge in [0.25, 0.3) is 15.7 Å². The zero-order chi connectivity index (χ0) is 20.5. The number of nitro benzene ring substituents is 1. The monoisotopic (exact) mass is 400 g/mol. The van der Waals surface area contributed by atoms with Gasteiger partial charge in [-0.2, -0.15) is 5.10 Å². The maximum Gasteiger partial charge on any atom is 0.270 e. The zero-order valence-corrected chi connectivity index (χ0v) is 15.5. The topological polar surface area (TPSA) is 159 Å². The average molecular weight is 400 g/mol. The predicted octanol–water partition coefficient (Wildman–Crippen LogP) is 1.78. The van der Waals surface area contributed by atoms with Gasteiger partial charge in [-0.3, -0.25) is 10.1 Å². The molecule has 4 N–H and O–H groups in total. The third-order valence-corrected chi connectivity index (χ3v) is 5.66. The van der Waals surface area contributed by atoms with Crippen molar-refractivity contribution in [2.45, 2.75) is 11.8 Å². The molecule has 0 saturated carbocycles. The standard InChI is InChI=1S/C17H16N6O4S/c1-11(20-21-17(18)19)15-10-22(28(26,27)13-5-3-2-4-6-13)16-8-7-12(23(24)25)9-14(15)16/h2-10H,1H3,(H4,18,19,21)/b20-11-. The highest BCUT2D eigenvalue weighted by Gasteiger charge is 2.23. The molecule has 2 aromatic carbocycles. The van der Waals surface area contributed by atoms with Crippen molar-refractivity contribution in [1.82, 2.24) is 3.97 Å². The lowest BCUT2D eigenvalue weighted by atomic mass is 10.1. The quantitative estimate of drug-likeness (QED) is 0.287. The first-order valence-electron chi connectivity index (χ1n) is 7.95. The molecule has 0 radical (unpaired) electrons. The number of hydrogen-bond acceptors (Lipinski definition) is 6. The van der Waals surface area contributed by atoms with E-state index in [0.717, 1.165) is 3.97 Å². The predicted molar refractivity (Wildman–Crippen MR) is 106 cm³/mol. The minimum absolute atomic E-state index is 0.0793. The van der Waals surface area contributed by atoms with Gasteiger partial charge >= 0.3 is 0 Å². The Morgan fingerprint density at radius 3 is 2.39 bits per heavy atom.